The average molecular weight is 292 g/mol. The predicted molar refractivity (Wildman–Crippen MR) is 76.6 cm³/mol. The maximum Gasteiger partial charge on any atom is 0.384 e. The first-order valence-electron chi connectivity index (χ1n) is 6.99. The van der Waals surface area contributed by atoms with Crippen LogP contribution in [0.2, 0.25) is 0 Å². The van der Waals surface area contributed by atoms with Crippen LogP contribution in [-0.2, 0) is 27.2 Å². The van der Waals surface area contributed by atoms with E-state index in [1.165, 1.54) is 6.42 Å². The molecule has 0 aliphatic carbocycles. The van der Waals surface area contributed by atoms with Crippen molar-refractivity contribution >= 4 is 11.9 Å². The number of esters is 2. The number of aryl methyl sites for hydroxylation is 2. The minimum absolute atomic E-state index is 0.311. The first-order valence-corrected chi connectivity index (χ1v) is 6.99. The SMILES string of the molecule is C#CC(=O)OCC.CCOC(=O)c1cc2n(n1)CCCC2. The molecule has 1 aromatic rings. The van der Waals surface area contributed by atoms with Gasteiger partial charge in [0.2, 0.25) is 0 Å². The fourth-order valence-electron chi connectivity index (χ4n) is 1.90. The van der Waals surface area contributed by atoms with E-state index in [4.69, 9.17) is 4.74 Å². The van der Waals surface area contributed by atoms with Gasteiger partial charge in [-0.15, -0.1) is 6.42 Å². The third kappa shape index (κ3) is 5.30. The zero-order valence-electron chi connectivity index (χ0n) is 12.4. The van der Waals surface area contributed by atoms with Gasteiger partial charge in [0.15, 0.2) is 5.69 Å². The van der Waals surface area contributed by atoms with Gasteiger partial charge in [-0.05, 0) is 39.2 Å². The number of ether oxygens (including phenoxy) is 2. The van der Waals surface area contributed by atoms with Crippen LogP contribution in [0, 0.1) is 12.3 Å². The number of nitrogens with zero attached hydrogens (tertiary/aromatic N) is 2. The first-order chi connectivity index (χ1) is 10.1. The van der Waals surface area contributed by atoms with Gasteiger partial charge in [-0.3, -0.25) is 4.68 Å². The summed E-state index contributed by atoms with van der Waals surface area (Å²) in [7, 11) is 0. The van der Waals surface area contributed by atoms with E-state index in [9.17, 15) is 9.59 Å². The molecule has 21 heavy (non-hydrogen) atoms. The molecule has 0 unspecified atom stereocenters. The Balaban J connectivity index is 0.000000270. The molecular formula is C15H20N2O4. The molecule has 6 heteroatoms. The number of aromatic nitrogens is 2. The molecule has 1 aliphatic heterocycles. The molecule has 0 N–H and O–H groups in total. The van der Waals surface area contributed by atoms with E-state index in [2.05, 4.69) is 16.3 Å². The van der Waals surface area contributed by atoms with Crippen LogP contribution in [0.25, 0.3) is 0 Å². The van der Waals surface area contributed by atoms with Crippen molar-refractivity contribution in [2.24, 2.45) is 0 Å². The lowest BCUT2D eigenvalue weighted by Crippen LogP contribution is -2.11. The molecular weight excluding hydrogens is 272 g/mol. The van der Waals surface area contributed by atoms with Crippen LogP contribution in [0.15, 0.2) is 6.07 Å². The zero-order chi connectivity index (χ0) is 15.7. The molecule has 0 amide bonds. The number of fused-ring (bicyclic) bond motifs is 1. The van der Waals surface area contributed by atoms with Gasteiger partial charge in [-0.1, -0.05) is 0 Å². The van der Waals surface area contributed by atoms with Crippen molar-refractivity contribution in [2.75, 3.05) is 13.2 Å². The molecule has 0 saturated carbocycles. The van der Waals surface area contributed by atoms with Crippen molar-refractivity contribution in [1.29, 1.82) is 0 Å². The second kappa shape index (κ2) is 8.80. The number of carbonyl (C=O) groups excluding carboxylic acids is 2. The van der Waals surface area contributed by atoms with Gasteiger partial charge in [0.1, 0.15) is 0 Å². The Morgan fingerprint density at radius 1 is 1.33 bits per heavy atom. The molecule has 2 rings (SSSR count). The highest BCUT2D eigenvalue weighted by Gasteiger charge is 2.16. The quantitative estimate of drug-likeness (QED) is 0.480. The number of hydrogen-bond acceptors (Lipinski definition) is 5. The molecule has 0 aromatic carbocycles. The smallest absolute Gasteiger partial charge is 0.384 e. The van der Waals surface area contributed by atoms with Crippen molar-refractivity contribution in [3.8, 4) is 12.3 Å². The summed E-state index contributed by atoms with van der Waals surface area (Å²) < 4.78 is 11.1. The highest BCUT2D eigenvalue weighted by atomic mass is 16.5. The summed E-state index contributed by atoms with van der Waals surface area (Å²) in [6.45, 7) is 5.18. The van der Waals surface area contributed by atoms with Crippen LogP contribution in [0.5, 0.6) is 0 Å². The fourth-order valence-corrected chi connectivity index (χ4v) is 1.90. The average Bonchev–Trinajstić information content (AvgIpc) is 2.92. The minimum atomic E-state index is -0.595. The third-order valence-electron chi connectivity index (χ3n) is 2.79. The molecule has 6 nitrogen and oxygen atoms in total. The van der Waals surface area contributed by atoms with Gasteiger partial charge >= 0.3 is 11.9 Å². The highest BCUT2D eigenvalue weighted by molar-refractivity contribution is 5.87. The molecule has 114 valence electrons. The molecule has 0 spiro atoms. The van der Waals surface area contributed by atoms with Gasteiger partial charge in [0.05, 0.1) is 13.2 Å². The second-order valence-corrected chi connectivity index (χ2v) is 4.29. The minimum Gasteiger partial charge on any atom is -0.461 e. The number of terminal acetylenes is 1. The van der Waals surface area contributed by atoms with E-state index in [1.807, 2.05) is 10.7 Å². The van der Waals surface area contributed by atoms with E-state index < -0.39 is 5.97 Å². The summed E-state index contributed by atoms with van der Waals surface area (Å²) in [5.74, 6) is 0.899. The van der Waals surface area contributed by atoms with Crippen molar-refractivity contribution in [1.82, 2.24) is 9.78 Å². The molecule has 0 bridgehead atoms. The monoisotopic (exact) mass is 292 g/mol. The summed E-state index contributed by atoms with van der Waals surface area (Å²) in [5, 5.41) is 4.21. The molecule has 0 radical (unpaired) electrons. The van der Waals surface area contributed by atoms with Gasteiger partial charge in [-0.25, -0.2) is 9.59 Å². The lowest BCUT2D eigenvalue weighted by atomic mass is 10.1. The summed E-state index contributed by atoms with van der Waals surface area (Å²) in [4.78, 5) is 21.3. The standard InChI is InChI=1S/C10H14N2O2.C5H6O2/c1-2-14-10(13)9-7-8-5-3-4-6-12(8)11-9;1-3-5(6)7-4-2/h7H,2-6H2,1H3;1H,4H2,2H3. The van der Waals surface area contributed by atoms with Crippen LogP contribution in [0.4, 0.5) is 0 Å². The van der Waals surface area contributed by atoms with Crippen molar-refractivity contribution in [3.63, 3.8) is 0 Å². The van der Waals surface area contributed by atoms with E-state index in [-0.39, 0.29) is 5.97 Å². The molecule has 0 fully saturated rings. The maximum atomic E-state index is 11.4. The molecule has 0 atom stereocenters. The van der Waals surface area contributed by atoms with Crippen LogP contribution in [0.3, 0.4) is 0 Å². The van der Waals surface area contributed by atoms with Gasteiger partial charge in [0, 0.05) is 18.2 Å². The van der Waals surface area contributed by atoms with E-state index >= 15 is 0 Å². The van der Waals surface area contributed by atoms with Gasteiger partial charge in [-0.2, -0.15) is 5.10 Å². The van der Waals surface area contributed by atoms with Crippen LogP contribution in [0.1, 0.15) is 42.9 Å². The topological polar surface area (TPSA) is 70.4 Å². The Hall–Kier alpha value is -2.29. The molecule has 0 saturated heterocycles. The molecule has 1 aromatic heterocycles. The first kappa shape index (κ1) is 16.8. The zero-order valence-corrected chi connectivity index (χ0v) is 12.4. The Kier molecular flexibility index (Phi) is 7.02. The summed E-state index contributed by atoms with van der Waals surface area (Å²) in [6.07, 6.45) is 7.99. The van der Waals surface area contributed by atoms with Crippen molar-refractivity contribution in [2.45, 2.75) is 39.7 Å². The number of carbonyl (C=O) groups is 2. The summed E-state index contributed by atoms with van der Waals surface area (Å²) in [6, 6.07) is 1.84. The Bertz CT molecular complexity index is 505. The summed E-state index contributed by atoms with van der Waals surface area (Å²) in [5.41, 5.74) is 1.60. The summed E-state index contributed by atoms with van der Waals surface area (Å²) >= 11 is 0. The van der Waals surface area contributed by atoms with Gasteiger partial charge in [0.25, 0.3) is 0 Å². The van der Waals surface area contributed by atoms with E-state index in [1.54, 1.807) is 19.8 Å². The van der Waals surface area contributed by atoms with Crippen molar-refractivity contribution < 1.29 is 19.1 Å². The lowest BCUT2D eigenvalue weighted by Gasteiger charge is -2.11. The predicted octanol–water partition coefficient (Wildman–Crippen LogP) is 1.58. The second-order valence-electron chi connectivity index (χ2n) is 4.29. The lowest BCUT2D eigenvalue weighted by molar-refractivity contribution is -0.136. The Morgan fingerprint density at radius 2 is 2.05 bits per heavy atom. The van der Waals surface area contributed by atoms with Crippen LogP contribution < -0.4 is 0 Å². The maximum absolute atomic E-state index is 11.4. The van der Waals surface area contributed by atoms with E-state index in [0.717, 1.165) is 25.1 Å². The molecule has 1 aliphatic rings. The fraction of sp³-hybridized carbons (Fsp3) is 0.533. The van der Waals surface area contributed by atoms with Crippen LogP contribution in [-0.4, -0.2) is 34.9 Å². The normalized spacial score (nSPS) is 12.2. The molecule has 2 heterocycles. The van der Waals surface area contributed by atoms with Gasteiger partial charge < -0.3 is 9.47 Å². The Morgan fingerprint density at radius 3 is 2.57 bits per heavy atom. The third-order valence-corrected chi connectivity index (χ3v) is 2.79. The van der Waals surface area contributed by atoms with Crippen molar-refractivity contribution in [3.05, 3.63) is 17.5 Å². The van der Waals surface area contributed by atoms with Crippen LogP contribution >= 0.6 is 0 Å². The Labute approximate surface area is 124 Å². The van der Waals surface area contributed by atoms with E-state index in [0.29, 0.717) is 18.9 Å². The highest BCUT2D eigenvalue weighted by Crippen LogP contribution is 2.15. The number of hydrogen-bond donors (Lipinski definition) is 0. The largest absolute Gasteiger partial charge is 0.461 e. The number of rotatable bonds is 3.